The molecule has 1 fully saturated rings. The number of aliphatic imine (C=N–C) groups is 2. The number of fused-ring (bicyclic) bond motifs is 1. The minimum atomic E-state index is -0.279. The average Bonchev–Trinajstić information content (AvgIpc) is 3.13. The highest BCUT2D eigenvalue weighted by Crippen LogP contribution is 2.34. The Morgan fingerprint density at radius 3 is 2.71 bits per heavy atom. The van der Waals surface area contributed by atoms with Gasteiger partial charge in [-0.2, -0.15) is 10.8 Å². The number of piperidine rings is 1. The smallest absolute Gasteiger partial charge is 0.264 e. The van der Waals surface area contributed by atoms with Gasteiger partial charge in [0.1, 0.15) is 11.9 Å². The Bertz CT molecular complexity index is 1110. The van der Waals surface area contributed by atoms with E-state index >= 15 is 0 Å². The maximum Gasteiger partial charge on any atom is 0.264 e. The highest BCUT2D eigenvalue weighted by atomic mass is 16.1. The second-order valence-corrected chi connectivity index (χ2v) is 7.67. The molecule has 3 aliphatic heterocycles. The summed E-state index contributed by atoms with van der Waals surface area (Å²) in [5, 5.41) is 6.23. The zero-order valence-electron chi connectivity index (χ0n) is 16.9. The van der Waals surface area contributed by atoms with Crippen molar-refractivity contribution in [1.29, 1.82) is 0 Å². The average molecular weight is 415 g/mol. The molecule has 0 saturated carbocycles. The molecule has 2 atom stereocenters. The van der Waals surface area contributed by atoms with Gasteiger partial charge in [-0.25, -0.2) is 9.97 Å². The lowest BCUT2D eigenvalue weighted by atomic mass is 10.0. The number of nitrogens with two attached hydrogens (primary N) is 1. The number of amidine groups is 1. The predicted octanol–water partition coefficient (Wildman–Crippen LogP) is 2.09. The molecule has 5 rings (SSSR count). The summed E-state index contributed by atoms with van der Waals surface area (Å²) < 4.78 is -0.0274. The van der Waals surface area contributed by atoms with E-state index in [4.69, 9.17) is 10.8 Å². The van der Waals surface area contributed by atoms with Gasteiger partial charge >= 0.3 is 0 Å². The Kier molecular flexibility index (Phi) is 4.99. The summed E-state index contributed by atoms with van der Waals surface area (Å²) in [7, 11) is 0. The number of rotatable bonds is 4. The molecule has 9 nitrogen and oxygen atoms in total. The van der Waals surface area contributed by atoms with Crippen LogP contribution in [0.25, 0.3) is 0 Å². The summed E-state index contributed by atoms with van der Waals surface area (Å²) in [4.78, 5) is 29.8. The lowest BCUT2D eigenvalue weighted by Crippen LogP contribution is -2.53. The van der Waals surface area contributed by atoms with E-state index in [2.05, 4.69) is 25.6 Å². The van der Waals surface area contributed by atoms with Crippen LogP contribution in [-0.2, 0) is 0 Å². The molecule has 4 heterocycles. The van der Waals surface area contributed by atoms with Crippen molar-refractivity contribution in [2.45, 2.75) is 25.3 Å². The molecule has 156 valence electrons. The van der Waals surface area contributed by atoms with E-state index in [0.717, 1.165) is 36.3 Å². The fourth-order valence-electron chi connectivity index (χ4n) is 4.06. The van der Waals surface area contributed by atoms with Crippen molar-refractivity contribution in [2.24, 2.45) is 15.8 Å². The molecule has 1 aromatic carbocycles. The number of nitrogens with one attached hydrogen (secondary N) is 2. The van der Waals surface area contributed by atoms with Crippen LogP contribution in [0.15, 0.2) is 76.5 Å². The van der Waals surface area contributed by atoms with Crippen molar-refractivity contribution >= 4 is 23.9 Å². The Morgan fingerprint density at radius 2 is 1.97 bits per heavy atom. The predicted molar refractivity (Wildman–Crippen MR) is 118 cm³/mol. The summed E-state index contributed by atoms with van der Waals surface area (Å²) in [6.45, 7) is 0.971. The number of carbonyl (C=O) groups is 1. The molecule has 3 aliphatic rings. The van der Waals surface area contributed by atoms with Gasteiger partial charge in [0.25, 0.3) is 11.7 Å². The molecule has 1 aromatic heterocycles. The quantitative estimate of drug-likeness (QED) is 0.522. The molecule has 9 heteroatoms. The molecule has 4 N–H and O–H groups in total. The van der Waals surface area contributed by atoms with Gasteiger partial charge in [0.15, 0.2) is 0 Å². The van der Waals surface area contributed by atoms with Crippen LogP contribution in [0, 0.1) is 0 Å². The lowest BCUT2D eigenvalue weighted by Gasteiger charge is -2.27. The Labute approximate surface area is 179 Å². The monoisotopic (exact) mass is 415 g/mol. The van der Waals surface area contributed by atoms with E-state index in [9.17, 15) is 4.79 Å². The molecule has 0 bridgehead atoms. The van der Waals surface area contributed by atoms with Gasteiger partial charge in [-0.3, -0.25) is 15.1 Å². The van der Waals surface area contributed by atoms with E-state index in [1.165, 1.54) is 6.42 Å². The van der Waals surface area contributed by atoms with Crippen LogP contribution >= 0.6 is 0 Å². The van der Waals surface area contributed by atoms with E-state index in [-0.39, 0.29) is 22.5 Å². The van der Waals surface area contributed by atoms with Crippen molar-refractivity contribution in [3.8, 4) is 0 Å². The molecule has 31 heavy (non-hydrogen) atoms. The van der Waals surface area contributed by atoms with Gasteiger partial charge < -0.3 is 5.32 Å². The first-order valence-electron chi connectivity index (χ1n) is 10.3. The highest BCUT2D eigenvalue weighted by molar-refractivity contribution is 6.05. The van der Waals surface area contributed by atoms with Gasteiger partial charge in [0.05, 0.1) is 24.0 Å². The van der Waals surface area contributed by atoms with Crippen molar-refractivity contribution < 1.29 is 9.39 Å². The van der Waals surface area contributed by atoms with E-state index in [1.54, 1.807) is 43.0 Å². The van der Waals surface area contributed by atoms with Crippen molar-refractivity contribution in [1.82, 2.24) is 15.3 Å². The van der Waals surface area contributed by atoms with E-state index in [0.29, 0.717) is 11.4 Å². The van der Waals surface area contributed by atoms with Gasteiger partial charge in [0, 0.05) is 18.0 Å². The number of hydrogen-bond donors (Lipinski definition) is 3. The Hall–Kier alpha value is -3.53. The molecular weight excluding hydrogens is 392 g/mol. The minimum Gasteiger partial charge on any atom is -0.308 e. The first-order chi connectivity index (χ1) is 15.1. The maximum absolute atomic E-state index is 12.5. The third-order valence-electron chi connectivity index (χ3n) is 5.66. The van der Waals surface area contributed by atoms with E-state index in [1.807, 2.05) is 18.3 Å². The molecule has 1 saturated heterocycles. The third kappa shape index (κ3) is 3.59. The number of hydrogen-bond acceptors (Lipinski definition) is 7. The van der Waals surface area contributed by atoms with Crippen LogP contribution in [-0.4, -0.2) is 45.1 Å². The minimum absolute atomic E-state index is 0.0274. The summed E-state index contributed by atoms with van der Waals surface area (Å²) in [5.74, 6) is 7.48. The van der Waals surface area contributed by atoms with Crippen LogP contribution in [0.1, 0.15) is 35.2 Å². The van der Waals surface area contributed by atoms with Crippen LogP contribution < -0.4 is 16.5 Å². The van der Waals surface area contributed by atoms with Gasteiger partial charge in [-0.15, -0.1) is 4.59 Å². The van der Waals surface area contributed by atoms with Crippen LogP contribution in [0.3, 0.4) is 0 Å². The maximum atomic E-state index is 12.5. The molecular formula is C22H23N8O+. The largest absolute Gasteiger partial charge is 0.308 e. The number of benzene rings is 1. The van der Waals surface area contributed by atoms with Gasteiger partial charge in [-0.05, 0) is 49.7 Å². The summed E-state index contributed by atoms with van der Waals surface area (Å²) in [6.07, 6.45) is 11.8. The summed E-state index contributed by atoms with van der Waals surface area (Å²) in [5.41, 5.74) is 3.16. The van der Waals surface area contributed by atoms with Crippen molar-refractivity contribution in [2.75, 3.05) is 11.9 Å². The van der Waals surface area contributed by atoms with Gasteiger partial charge in [-0.1, -0.05) is 6.42 Å². The number of nitrogens with zero attached hydrogens (tertiary/aromatic N) is 5. The molecule has 0 radical (unpaired) electrons. The number of amides is 1. The lowest BCUT2D eigenvalue weighted by molar-refractivity contribution is -0.750. The Morgan fingerprint density at radius 1 is 1.16 bits per heavy atom. The molecule has 2 unspecified atom stereocenters. The topological polar surface area (TPSA) is 118 Å². The number of anilines is 1. The standard InChI is InChI=1S/C22H22N8O/c23-30-13-12-24-14-18(30)19(17-4-1-2-9-25-17)28-20(30)15-5-7-16(8-6-15)21(31)29-22-26-10-3-11-27-22/h3,5-8,10-14,17,25H,1-2,4,9,23H2/p+1. The molecule has 1 amide bonds. The van der Waals surface area contributed by atoms with Crippen LogP contribution in [0.5, 0.6) is 0 Å². The number of carbonyl (C=O) groups excluding carboxylic acids is 1. The first-order valence-corrected chi connectivity index (χ1v) is 10.3. The van der Waals surface area contributed by atoms with Crippen molar-refractivity contribution in [3.05, 3.63) is 77.6 Å². The summed E-state index contributed by atoms with van der Waals surface area (Å²) in [6, 6.07) is 9.08. The zero-order valence-corrected chi connectivity index (χ0v) is 16.9. The number of quaternary nitrogens is 1. The summed E-state index contributed by atoms with van der Waals surface area (Å²) >= 11 is 0. The zero-order chi connectivity index (χ0) is 21.3. The second-order valence-electron chi connectivity index (χ2n) is 7.67. The SMILES string of the molecule is N[N+]12C=CN=CC1=C(C1CCCCN1)N=C2c1ccc(C(=O)Nc2ncccn2)cc1. The number of allylic oxidation sites excluding steroid dienone is 1. The van der Waals surface area contributed by atoms with Crippen LogP contribution in [0.4, 0.5) is 5.95 Å². The molecule has 0 aliphatic carbocycles. The second kappa shape index (κ2) is 7.95. The Balaban J connectivity index is 1.42. The molecule has 0 spiro atoms. The van der Waals surface area contributed by atoms with Gasteiger partial charge in [0.2, 0.25) is 11.6 Å². The highest BCUT2D eigenvalue weighted by Gasteiger charge is 2.45. The van der Waals surface area contributed by atoms with E-state index < -0.39 is 0 Å². The fourth-order valence-corrected chi connectivity index (χ4v) is 4.06. The first kappa shape index (κ1) is 19.4. The van der Waals surface area contributed by atoms with Crippen LogP contribution in [0.2, 0.25) is 0 Å². The molecule has 2 aromatic rings. The third-order valence-corrected chi connectivity index (χ3v) is 5.66. The normalized spacial score (nSPS) is 24.7. The van der Waals surface area contributed by atoms with Crippen molar-refractivity contribution in [3.63, 3.8) is 0 Å². The fraction of sp³-hybridized carbons (Fsp3) is 0.227. The number of aromatic nitrogens is 2.